The molecule has 7 heteroatoms. The Morgan fingerprint density at radius 2 is 2.12 bits per heavy atom. The lowest BCUT2D eigenvalue weighted by molar-refractivity contribution is -0.128. The van der Waals surface area contributed by atoms with Gasteiger partial charge in [0.2, 0.25) is 5.91 Å². The third kappa shape index (κ3) is 4.32. The van der Waals surface area contributed by atoms with Crippen molar-refractivity contribution in [3.8, 4) is 0 Å². The lowest BCUT2D eigenvalue weighted by atomic mass is 9.81. The highest BCUT2D eigenvalue weighted by Gasteiger charge is 2.39. The monoisotopic (exact) mass is 378 g/mol. The van der Waals surface area contributed by atoms with Gasteiger partial charge in [0.1, 0.15) is 18.7 Å². The lowest BCUT2D eigenvalue weighted by Crippen LogP contribution is -2.54. The van der Waals surface area contributed by atoms with Crippen molar-refractivity contribution in [1.82, 2.24) is 10.6 Å². The Kier molecular flexibility index (Phi) is 5.77. The third-order valence-electron chi connectivity index (χ3n) is 5.48. The van der Waals surface area contributed by atoms with Crippen molar-refractivity contribution >= 4 is 28.9 Å². The second-order valence-corrected chi connectivity index (χ2v) is 8.64. The minimum absolute atomic E-state index is 0.0239. The number of thiophene rings is 1. The molecule has 142 valence electrons. The van der Waals surface area contributed by atoms with E-state index in [2.05, 4.69) is 17.6 Å². The fourth-order valence-electron chi connectivity index (χ4n) is 3.88. The van der Waals surface area contributed by atoms with E-state index in [-0.39, 0.29) is 35.7 Å². The van der Waals surface area contributed by atoms with Gasteiger partial charge in [0.15, 0.2) is 5.78 Å². The van der Waals surface area contributed by atoms with Crippen LogP contribution in [0.3, 0.4) is 0 Å². The van der Waals surface area contributed by atoms with E-state index < -0.39 is 12.1 Å². The Bertz CT molecular complexity index is 667. The zero-order chi connectivity index (χ0) is 18.7. The average Bonchev–Trinajstić information content (AvgIpc) is 3.33. The Hall–Kier alpha value is -1.73. The topological polar surface area (TPSA) is 84.5 Å². The summed E-state index contributed by atoms with van der Waals surface area (Å²) in [6.07, 6.45) is 4.63. The highest BCUT2D eigenvalue weighted by Crippen LogP contribution is 2.41. The van der Waals surface area contributed by atoms with E-state index >= 15 is 0 Å². The molecule has 0 spiro atoms. The minimum Gasteiger partial charge on any atom is -0.368 e. The number of Topliss-reactive ketones (excluding diaryl/α,β-unsaturated/α-hetero) is 1. The maximum absolute atomic E-state index is 12.9. The molecule has 2 N–H and O–H groups in total. The number of hydrogen-bond donors (Lipinski definition) is 2. The Labute approximate surface area is 157 Å². The molecule has 1 saturated carbocycles. The summed E-state index contributed by atoms with van der Waals surface area (Å²) in [5.41, 5.74) is 0.0343. The Morgan fingerprint density at radius 3 is 2.69 bits per heavy atom. The molecule has 1 aromatic rings. The summed E-state index contributed by atoms with van der Waals surface area (Å²) < 4.78 is 5.30. The first-order chi connectivity index (χ1) is 12.4. The van der Waals surface area contributed by atoms with Gasteiger partial charge in [0.05, 0.1) is 11.0 Å². The number of rotatable bonds is 6. The number of ketones is 1. The molecule has 3 rings (SSSR count). The molecule has 2 heterocycles. The van der Waals surface area contributed by atoms with Crippen LogP contribution in [0, 0.1) is 5.41 Å². The average molecular weight is 378 g/mol. The van der Waals surface area contributed by atoms with Gasteiger partial charge in [0.25, 0.3) is 5.91 Å². The van der Waals surface area contributed by atoms with Gasteiger partial charge in [-0.2, -0.15) is 0 Å². The number of ether oxygens (including phenoxy) is 1. The summed E-state index contributed by atoms with van der Waals surface area (Å²) in [6.45, 7) is 3.97. The molecule has 3 atom stereocenters. The molecule has 1 aliphatic heterocycles. The molecule has 26 heavy (non-hydrogen) atoms. The molecule has 2 aliphatic rings. The standard InChI is InChI=1S/C19H26N2O4S/c1-12-16(14(22)11-25-12)21-17(23)13(10-19(2)7-3-4-8-19)20-18(24)15-6-5-9-26-15/h5-6,9,12-13,16H,3-4,7-8,10-11H2,1-2H3,(H,20,24)(H,21,23)/t12-,13-,16-/m0/s1. The predicted molar refractivity (Wildman–Crippen MR) is 99.1 cm³/mol. The van der Waals surface area contributed by atoms with Crippen molar-refractivity contribution in [3.05, 3.63) is 22.4 Å². The van der Waals surface area contributed by atoms with Crippen LogP contribution in [0.5, 0.6) is 0 Å². The van der Waals surface area contributed by atoms with Gasteiger partial charge in [-0.05, 0) is 43.0 Å². The van der Waals surface area contributed by atoms with Crippen LogP contribution in [0.15, 0.2) is 17.5 Å². The summed E-state index contributed by atoms with van der Waals surface area (Å²) in [5.74, 6) is -0.677. The van der Waals surface area contributed by atoms with E-state index in [1.54, 1.807) is 13.0 Å². The fraction of sp³-hybridized carbons (Fsp3) is 0.632. The molecule has 6 nitrogen and oxygen atoms in total. The lowest BCUT2D eigenvalue weighted by Gasteiger charge is -2.30. The first kappa shape index (κ1) is 19.0. The van der Waals surface area contributed by atoms with Crippen molar-refractivity contribution in [2.45, 2.75) is 64.1 Å². The van der Waals surface area contributed by atoms with Crippen LogP contribution in [0.4, 0.5) is 0 Å². The van der Waals surface area contributed by atoms with Crippen LogP contribution in [0.2, 0.25) is 0 Å². The Morgan fingerprint density at radius 1 is 1.38 bits per heavy atom. The van der Waals surface area contributed by atoms with E-state index in [1.165, 1.54) is 11.3 Å². The van der Waals surface area contributed by atoms with Crippen molar-refractivity contribution in [3.63, 3.8) is 0 Å². The molecule has 1 aliphatic carbocycles. The van der Waals surface area contributed by atoms with Crippen molar-refractivity contribution < 1.29 is 19.1 Å². The first-order valence-electron chi connectivity index (χ1n) is 9.17. The summed E-state index contributed by atoms with van der Waals surface area (Å²) in [5, 5.41) is 7.51. The van der Waals surface area contributed by atoms with Crippen molar-refractivity contribution in [2.75, 3.05) is 6.61 Å². The van der Waals surface area contributed by atoms with Gasteiger partial charge in [-0.1, -0.05) is 25.8 Å². The number of carbonyl (C=O) groups is 3. The second-order valence-electron chi connectivity index (χ2n) is 7.69. The van der Waals surface area contributed by atoms with Gasteiger partial charge in [-0.25, -0.2) is 0 Å². The van der Waals surface area contributed by atoms with Crippen LogP contribution in [-0.4, -0.2) is 42.4 Å². The number of nitrogens with one attached hydrogen (secondary N) is 2. The number of carbonyl (C=O) groups excluding carboxylic acids is 3. The fourth-order valence-corrected chi connectivity index (χ4v) is 4.51. The smallest absolute Gasteiger partial charge is 0.261 e. The SMILES string of the molecule is C[C@@H]1OCC(=O)[C@H]1NC(=O)[C@H](CC1(C)CCCC1)NC(=O)c1cccs1. The third-order valence-corrected chi connectivity index (χ3v) is 6.35. The largest absolute Gasteiger partial charge is 0.368 e. The maximum Gasteiger partial charge on any atom is 0.261 e. The van der Waals surface area contributed by atoms with Gasteiger partial charge >= 0.3 is 0 Å². The number of hydrogen-bond acceptors (Lipinski definition) is 5. The highest BCUT2D eigenvalue weighted by atomic mass is 32.1. The first-order valence-corrected chi connectivity index (χ1v) is 10.0. The van der Waals surface area contributed by atoms with Crippen LogP contribution < -0.4 is 10.6 Å². The van der Waals surface area contributed by atoms with Gasteiger partial charge in [-0.3, -0.25) is 14.4 Å². The van der Waals surface area contributed by atoms with E-state index in [1.807, 2.05) is 11.4 Å². The molecule has 1 aromatic heterocycles. The van der Waals surface area contributed by atoms with Crippen molar-refractivity contribution in [1.29, 1.82) is 0 Å². The molecule has 0 bridgehead atoms. The highest BCUT2D eigenvalue weighted by molar-refractivity contribution is 7.12. The van der Waals surface area contributed by atoms with Crippen LogP contribution in [0.1, 0.15) is 55.6 Å². The van der Waals surface area contributed by atoms with Gasteiger partial charge in [0, 0.05) is 0 Å². The van der Waals surface area contributed by atoms with Crippen LogP contribution >= 0.6 is 11.3 Å². The molecule has 0 aromatic carbocycles. The summed E-state index contributed by atoms with van der Waals surface area (Å²) in [4.78, 5) is 37.9. The van der Waals surface area contributed by atoms with E-state index in [4.69, 9.17) is 4.74 Å². The molecule has 1 saturated heterocycles. The molecular formula is C19H26N2O4S. The zero-order valence-corrected chi connectivity index (χ0v) is 16.1. The van der Waals surface area contributed by atoms with E-state index in [9.17, 15) is 14.4 Å². The van der Waals surface area contributed by atoms with Crippen LogP contribution in [0.25, 0.3) is 0 Å². The maximum atomic E-state index is 12.9. The summed E-state index contributed by atoms with van der Waals surface area (Å²) in [7, 11) is 0. The van der Waals surface area contributed by atoms with E-state index in [0.29, 0.717) is 11.3 Å². The normalized spacial score (nSPS) is 25.8. The number of amides is 2. The summed E-state index contributed by atoms with van der Waals surface area (Å²) in [6, 6.07) is 2.25. The Balaban J connectivity index is 1.71. The molecule has 0 unspecified atom stereocenters. The zero-order valence-electron chi connectivity index (χ0n) is 15.2. The van der Waals surface area contributed by atoms with Gasteiger partial charge < -0.3 is 15.4 Å². The predicted octanol–water partition coefficient (Wildman–Crippen LogP) is 2.29. The van der Waals surface area contributed by atoms with Crippen LogP contribution in [-0.2, 0) is 14.3 Å². The van der Waals surface area contributed by atoms with Crippen molar-refractivity contribution in [2.24, 2.45) is 5.41 Å². The quantitative estimate of drug-likeness (QED) is 0.795. The van der Waals surface area contributed by atoms with E-state index in [0.717, 1.165) is 25.7 Å². The second kappa shape index (κ2) is 7.88. The molecule has 2 amide bonds. The summed E-state index contributed by atoms with van der Waals surface area (Å²) >= 11 is 1.34. The molecule has 2 fully saturated rings. The minimum atomic E-state index is -0.659. The molecular weight excluding hydrogens is 352 g/mol. The van der Waals surface area contributed by atoms with Gasteiger partial charge in [-0.15, -0.1) is 11.3 Å². The molecule has 0 radical (unpaired) electrons.